The molecule has 7 heteroatoms. The maximum atomic E-state index is 10.5. The number of hydrogen-bond donors (Lipinski definition) is 2. The molecule has 0 radical (unpaired) electrons. The van der Waals surface area contributed by atoms with Gasteiger partial charge in [-0.1, -0.05) is 18.2 Å². The minimum atomic E-state index is -4.02. The van der Waals surface area contributed by atoms with E-state index >= 15 is 0 Å². The molecule has 15 heavy (non-hydrogen) atoms. The number of carbonyl (C=O) groups is 1. The van der Waals surface area contributed by atoms with Crippen LogP contribution in [-0.2, 0) is 9.36 Å². The molecule has 0 aliphatic carbocycles. The SMILES string of the molecule is CC(=O)[O-].O=P(O)(O)c1ccccc1.[Li+]. The predicted octanol–water partition coefficient (Wildman–Crippen LogP) is -3.75. The van der Waals surface area contributed by atoms with E-state index in [-0.39, 0.29) is 24.2 Å². The number of aliphatic carboxylic acids is 1. The summed E-state index contributed by atoms with van der Waals surface area (Å²) in [5.41, 5.74) is 0. The third-order valence-corrected chi connectivity index (χ3v) is 2.06. The Morgan fingerprint density at radius 2 is 1.60 bits per heavy atom. The summed E-state index contributed by atoms with van der Waals surface area (Å²) in [6, 6.07) is 7.70. The molecule has 5 nitrogen and oxygen atoms in total. The molecule has 0 atom stereocenters. The Morgan fingerprint density at radius 1 is 1.27 bits per heavy atom. The fraction of sp³-hybridized carbons (Fsp3) is 0.125. The monoisotopic (exact) mass is 224 g/mol. The standard InChI is InChI=1S/C6H7O3P.C2H4O2.Li/c7-10(8,9)6-4-2-1-3-5-6;1-2(3)4;/h1-5H,(H2,7,8,9);1H3,(H,3,4);/q;;+1/p-1. The summed E-state index contributed by atoms with van der Waals surface area (Å²) in [5.74, 6) is -1.08. The van der Waals surface area contributed by atoms with Crippen LogP contribution in [0.5, 0.6) is 0 Å². The van der Waals surface area contributed by atoms with Crippen molar-refractivity contribution in [2.45, 2.75) is 6.92 Å². The van der Waals surface area contributed by atoms with Gasteiger partial charge in [0.05, 0.1) is 5.30 Å². The van der Waals surface area contributed by atoms with Crippen LogP contribution in [-0.4, -0.2) is 15.8 Å². The molecule has 0 unspecified atom stereocenters. The van der Waals surface area contributed by atoms with E-state index in [4.69, 9.17) is 19.7 Å². The zero-order valence-corrected chi connectivity index (χ0v) is 9.35. The first-order valence-corrected chi connectivity index (χ1v) is 5.24. The fourth-order valence-corrected chi connectivity index (χ4v) is 1.18. The number of carbonyl (C=O) groups excluding carboxylic acids is 1. The summed E-state index contributed by atoms with van der Waals surface area (Å²) in [7, 11) is -4.02. The molecule has 0 aliphatic heterocycles. The van der Waals surface area contributed by atoms with Crippen molar-refractivity contribution in [1.29, 1.82) is 0 Å². The first-order chi connectivity index (χ1) is 6.34. The van der Waals surface area contributed by atoms with Gasteiger partial charge in [0.1, 0.15) is 0 Å². The summed E-state index contributed by atoms with van der Waals surface area (Å²) in [5, 5.41) is 8.95. The van der Waals surface area contributed by atoms with Gasteiger partial charge in [-0.15, -0.1) is 0 Å². The summed E-state index contributed by atoms with van der Waals surface area (Å²) < 4.78 is 10.5. The number of benzene rings is 1. The van der Waals surface area contributed by atoms with Crippen LogP contribution in [0.1, 0.15) is 6.92 Å². The van der Waals surface area contributed by atoms with Crippen molar-refractivity contribution in [1.82, 2.24) is 0 Å². The van der Waals surface area contributed by atoms with E-state index in [1.807, 2.05) is 0 Å². The van der Waals surface area contributed by atoms with Crippen LogP contribution in [0.4, 0.5) is 0 Å². The van der Waals surface area contributed by atoms with E-state index in [9.17, 15) is 4.57 Å². The second kappa shape index (κ2) is 7.69. The molecular formula is C8H10LiO5P. The van der Waals surface area contributed by atoms with E-state index in [1.54, 1.807) is 18.2 Å². The van der Waals surface area contributed by atoms with Crippen LogP contribution in [0.25, 0.3) is 0 Å². The molecule has 0 fully saturated rings. The Labute approximate surface area is 99.5 Å². The Bertz CT molecular complexity index is 330. The van der Waals surface area contributed by atoms with Crippen molar-refractivity contribution in [2.24, 2.45) is 0 Å². The number of carboxylic acid groups (broad SMARTS) is 1. The predicted molar refractivity (Wildman–Crippen MR) is 48.8 cm³/mol. The Balaban J connectivity index is 0. The maximum Gasteiger partial charge on any atom is 1.00 e. The molecule has 0 bridgehead atoms. The van der Waals surface area contributed by atoms with Crippen LogP contribution >= 0.6 is 7.60 Å². The maximum absolute atomic E-state index is 10.5. The van der Waals surface area contributed by atoms with Gasteiger partial charge in [0.2, 0.25) is 0 Å². The van der Waals surface area contributed by atoms with Gasteiger partial charge in [-0.05, 0) is 19.1 Å². The second-order valence-corrected chi connectivity index (χ2v) is 3.98. The zero-order chi connectivity index (χ0) is 11.2. The molecule has 1 aromatic carbocycles. The minimum Gasteiger partial charge on any atom is -0.550 e. The van der Waals surface area contributed by atoms with Crippen LogP contribution in [0, 0.1) is 0 Å². The van der Waals surface area contributed by atoms with Crippen LogP contribution in [0.15, 0.2) is 30.3 Å². The van der Waals surface area contributed by atoms with Crippen LogP contribution < -0.4 is 29.3 Å². The molecular weight excluding hydrogens is 214 g/mol. The van der Waals surface area contributed by atoms with E-state index in [2.05, 4.69) is 0 Å². The molecule has 0 aliphatic rings. The first-order valence-electron chi connectivity index (χ1n) is 3.63. The molecule has 0 aromatic heterocycles. The molecule has 1 aromatic rings. The third-order valence-electron chi connectivity index (χ3n) is 1.09. The molecule has 1 rings (SSSR count). The molecule has 78 valence electrons. The Kier molecular flexibility index (Phi) is 8.64. The van der Waals surface area contributed by atoms with Gasteiger partial charge >= 0.3 is 26.5 Å². The average Bonchev–Trinajstić information content (AvgIpc) is 2.03. The number of carboxylic acids is 1. The van der Waals surface area contributed by atoms with Gasteiger partial charge in [-0.2, -0.15) is 0 Å². The van der Waals surface area contributed by atoms with Gasteiger partial charge < -0.3 is 19.7 Å². The summed E-state index contributed by atoms with van der Waals surface area (Å²) in [6.45, 7) is 0.972. The van der Waals surface area contributed by atoms with Crippen LogP contribution in [0.2, 0.25) is 0 Å². The van der Waals surface area contributed by atoms with Gasteiger partial charge in [0.15, 0.2) is 0 Å². The van der Waals surface area contributed by atoms with Crippen molar-refractivity contribution in [3.05, 3.63) is 30.3 Å². The van der Waals surface area contributed by atoms with Gasteiger partial charge in [-0.3, -0.25) is 4.57 Å². The quantitative estimate of drug-likeness (QED) is 0.377. The average molecular weight is 224 g/mol. The molecule has 0 spiro atoms. The molecule has 0 heterocycles. The summed E-state index contributed by atoms with van der Waals surface area (Å²) >= 11 is 0. The summed E-state index contributed by atoms with van der Waals surface area (Å²) in [4.78, 5) is 26.1. The van der Waals surface area contributed by atoms with E-state index in [0.717, 1.165) is 6.92 Å². The smallest absolute Gasteiger partial charge is 0.550 e. The molecule has 2 N–H and O–H groups in total. The molecule has 0 amide bonds. The van der Waals surface area contributed by atoms with Gasteiger partial charge in [0, 0.05) is 5.97 Å². The van der Waals surface area contributed by atoms with Crippen molar-refractivity contribution in [2.75, 3.05) is 0 Å². The number of hydrogen-bond acceptors (Lipinski definition) is 3. The Hall–Kier alpha value is -0.563. The normalized spacial score (nSPS) is 9.27. The zero-order valence-electron chi connectivity index (χ0n) is 8.45. The van der Waals surface area contributed by atoms with Gasteiger partial charge in [-0.25, -0.2) is 0 Å². The number of rotatable bonds is 1. The van der Waals surface area contributed by atoms with Crippen molar-refractivity contribution in [3.63, 3.8) is 0 Å². The van der Waals surface area contributed by atoms with Crippen molar-refractivity contribution >= 4 is 18.9 Å². The van der Waals surface area contributed by atoms with Crippen molar-refractivity contribution < 1.29 is 43.1 Å². The van der Waals surface area contributed by atoms with E-state index < -0.39 is 13.6 Å². The van der Waals surface area contributed by atoms with E-state index in [0.29, 0.717) is 0 Å². The third kappa shape index (κ3) is 9.74. The minimum absolute atomic E-state index is 0. The molecule has 0 saturated heterocycles. The van der Waals surface area contributed by atoms with Gasteiger partial charge in [0.25, 0.3) is 0 Å². The Morgan fingerprint density at radius 3 is 1.80 bits per heavy atom. The topological polar surface area (TPSA) is 97.7 Å². The first kappa shape index (κ1) is 16.9. The second-order valence-electron chi connectivity index (χ2n) is 2.37. The van der Waals surface area contributed by atoms with Crippen molar-refractivity contribution in [3.8, 4) is 0 Å². The molecule has 0 saturated carbocycles. The summed E-state index contributed by atoms with van der Waals surface area (Å²) in [6.07, 6.45) is 0. The fourth-order valence-electron chi connectivity index (χ4n) is 0.622. The van der Waals surface area contributed by atoms with Crippen LogP contribution in [0.3, 0.4) is 0 Å². The van der Waals surface area contributed by atoms with E-state index in [1.165, 1.54) is 12.1 Å². The largest absolute Gasteiger partial charge is 1.00 e.